The highest BCUT2D eigenvalue weighted by Crippen LogP contribution is 2.24. The van der Waals surface area contributed by atoms with Gasteiger partial charge in [0.05, 0.1) is 5.75 Å². The van der Waals surface area contributed by atoms with Crippen molar-refractivity contribution >= 4 is 17.6 Å². The molecule has 0 fully saturated rings. The van der Waals surface area contributed by atoms with Crippen molar-refractivity contribution in [2.45, 2.75) is 44.8 Å². The normalized spacial score (nSPS) is 10.7. The number of nitrogens with one attached hydrogen (secondary N) is 1. The predicted octanol–water partition coefficient (Wildman–Crippen LogP) is 4.52. The summed E-state index contributed by atoms with van der Waals surface area (Å²) in [5.74, 6) is 2.66. The standard InChI is InChI=1S/C17H23N3S/c1-5-9-18-17-13(3)14(4)19-16(20-17)11-21-15-8-6-7-12(2)10-15/h6-8,10H,5,9,11H2,1-4H3,(H,18,19,20). The number of hydrogen-bond donors (Lipinski definition) is 1. The molecule has 0 saturated carbocycles. The summed E-state index contributed by atoms with van der Waals surface area (Å²) < 4.78 is 0. The Morgan fingerprint density at radius 1 is 1.14 bits per heavy atom. The summed E-state index contributed by atoms with van der Waals surface area (Å²) >= 11 is 1.78. The zero-order valence-corrected chi connectivity index (χ0v) is 14.0. The highest BCUT2D eigenvalue weighted by Gasteiger charge is 2.08. The van der Waals surface area contributed by atoms with Crippen LogP contribution in [0, 0.1) is 20.8 Å². The Hall–Kier alpha value is -1.55. The molecular formula is C17H23N3S. The van der Waals surface area contributed by atoms with Crippen LogP contribution in [0.2, 0.25) is 0 Å². The largest absolute Gasteiger partial charge is 0.370 e. The van der Waals surface area contributed by atoms with Crippen LogP contribution in [0.25, 0.3) is 0 Å². The van der Waals surface area contributed by atoms with E-state index in [1.54, 1.807) is 11.8 Å². The molecule has 0 spiro atoms. The van der Waals surface area contributed by atoms with E-state index in [4.69, 9.17) is 0 Å². The molecule has 0 saturated heterocycles. The Morgan fingerprint density at radius 2 is 1.95 bits per heavy atom. The third-order valence-electron chi connectivity index (χ3n) is 3.34. The highest BCUT2D eigenvalue weighted by molar-refractivity contribution is 7.98. The van der Waals surface area contributed by atoms with Gasteiger partial charge < -0.3 is 5.32 Å². The lowest BCUT2D eigenvalue weighted by molar-refractivity contribution is 0.928. The van der Waals surface area contributed by atoms with Gasteiger partial charge in [0.1, 0.15) is 11.6 Å². The lowest BCUT2D eigenvalue weighted by Crippen LogP contribution is -2.08. The minimum absolute atomic E-state index is 0.797. The van der Waals surface area contributed by atoms with Crippen LogP contribution in [0.3, 0.4) is 0 Å². The lowest BCUT2D eigenvalue weighted by atomic mass is 10.2. The van der Waals surface area contributed by atoms with Gasteiger partial charge >= 0.3 is 0 Å². The summed E-state index contributed by atoms with van der Waals surface area (Å²) in [6, 6.07) is 8.54. The van der Waals surface area contributed by atoms with Gasteiger partial charge in [0.15, 0.2) is 0 Å². The first-order chi connectivity index (χ1) is 10.1. The molecule has 0 bridgehead atoms. The van der Waals surface area contributed by atoms with Crippen LogP contribution in [-0.4, -0.2) is 16.5 Å². The maximum absolute atomic E-state index is 4.67. The van der Waals surface area contributed by atoms with Crippen molar-refractivity contribution in [2.75, 3.05) is 11.9 Å². The van der Waals surface area contributed by atoms with Crippen molar-refractivity contribution in [1.29, 1.82) is 0 Å². The molecule has 112 valence electrons. The smallest absolute Gasteiger partial charge is 0.141 e. The molecule has 1 aromatic heterocycles. The van der Waals surface area contributed by atoms with Gasteiger partial charge in [0.2, 0.25) is 0 Å². The van der Waals surface area contributed by atoms with Crippen LogP contribution in [0.5, 0.6) is 0 Å². The third-order valence-corrected chi connectivity index (χ3v) is 4.33. The fourth-order valence-electron chi connectivity index (χ4n) is 2.02. The topological polar surface area (TPSA) is 37.8 Å². The van der Waals surface area contributed by atoms with Gasteiger partial charge in [-0.3, -0.25) is 0 Å². The van der Waals surface area contributed by atoms with Gasteiger partial charge in [0, 0.05) is 22.7 Å². The van der Waals surface area contributed by atoms with E-state index in [9.17, 15) is 0 Å². The molecular weight excluding hydrogens is 278 g/mol. The number of thioether (sulfide) groups is 1. The fourth-order valence-corrected chi connectivity index (χ4v) is 2.89. The second-order valence-electron chi connectivity index (χ2n) is 5.23. The minimum atomic E-state index is 0.797. The Morgan fingerprint density at radius 3 is 2.67 bits per heavy atom. The van der Waals surface area contributed by atoms with Crippen LogP contribution < -0.4 is 5.32 Å². The second kappa shape index (κ2) is 7.46. The number of hydrogen-bond acceptors (Lipinski definition) is 4. The van der Waals surface area contributed by atoms with Gasteiger partial charge in [-0.05, 0) is 39.3 Å². The summed E-state index contributed by atoms with van der Waals surface area (Å²) in [4.78, 5) is 10.5. The average molecular weight is 301 g/mol. The maximum Gasteiger partial charge on any atom is 0.141 e. The van der Waals surface area contributed by atoms with E-state index in [0.29, 0.717) is 0 Å². The Kier molecular flexibility index (Phi) is 5.62. The monoisotopic (exact) mass is 301 g/mol. The SMILES string of the molecule is CCCNc1nc(CSc2cccc(C)c2)nc(C)c1C. The van der Waals surface area contributed by atoms with E-state index >= 15 is 0 Å². The van der Waals surface area contributed by atoms with Gasteiger partial charge in [-0.15, -0.1) is 11.8 Å². The summed E-state index contributed by atoms with van der Waals surface area (Å²) in [7, 11) is 0. The molecule has 0 amide bonds. The van der Waals surface area contributed by atoms with Gasteiger partial charge in [0.25, 0.3) is 0 Å². The lowest BCUT2D eigenvalue weighted by Gasteiger charge is -2.11. The third kappa shape index (κ3) is 4.46. The van der Waals surface area contributed by atoms with E-state index in [1.807, 2.05) is 0 Å². The zero-order chi connectivity index (χ0) is 15.2. The summed E-state index contributed by atoms with van der Waals surface area (Å²) in [6.45, 7) is 9.34. The van der Waals surface area contributed by atoms with Crippen LogP contribution in [0.4, 0.5) is 5.82 Å². The Balaban J connectivity index is 2.11. The van der Waals surface area contributed by atoms with E-state index in [2.05, 4.69) is 67.2 Å². The first-order valence-corrected chi connectivity index (χ1v) is 8.36. The molecule has 4 heteroatoms. The summed E-state index contributed by atoms with van der Waals surface area (Å²) in [5, 5.41) is 3.39. The molecule has 0 radical (unpaired) electrons. The molecule has 1 N–H and O–H groups in total. The molecule has 2 rings (SSSR count). The fraction of sp³-hybridized carbons (Fsp3) is 0.412. The van der Waals surface area contributed by atoms with Gasteiger partial charge in [-0.1, -0.05) is 24.6 Å². The molecule has 0 aliphatic heterocycles. The van der Waals surface area contributed by atoms with E-state index < -0.39 is 0 Å². The number of anilines is 1. The van der Waals surface area contributed by atoms with Crippen molar-refractivity contribution < 1.29 is 0 Å². The van der Waals surface area contributed by atoms with Crippen LogP contribution >= 0.6 is 11.8 Å². The molecule has 0 aliphatic rings. The van der Waals surface area contributed by atoms with Gasteiger partial charge in [-0.25, -0.2) is 9.97 Å². The second-order valence-corrected chi connectivity index (χ2v) is 6.28. The summed E-state index contributed by atoms with van der Waals surface area (Å²) in [6.07, 6.45) is 1.09. The van der Waals surface area contributed by atoms with E-state index in [-0.39, 0.29) is 0 Å². The van der Waals surface area contributed by atoms with E-state index in [0.717, 1.165) is 41.6 Å². The average Bonchev–Trinajstić information content (AvgIpc) is 2.47. The van der Waals surface area contributed by atoms with Crippen molar-refractivity contribution in [2.24, 2.45) is 0 Å². The van der Waals surface area contributed by atoms with Crippen molar-refractivity contribution in [3.63, 3.8) is 0 Å². The zero-order valence-electron chi connectivity index (χ0n) is 13.2. The Labute approximate surface area is 131 Å². The quantitative estimate of drug-likeness (QED) is 0.796. The van der Waals surface area contributed by atoms with E-state index in [1.165, 1.54) is 10.5 Å². The van der Waals surface area contributed by atoms with Gasteiger partial charge in [-0.2, -0.15) is 0 Å². The molecule has 1 heterocycles. The van der Waals surface area contributed by atoms with Crippen LogP contribution in [-0.2, 0) is 5.75 Å². The van der Waals surface area contributed by atoms with Crippen molar-refractivity contribution in [3.8, 4) is 0 Å². The molecule has 0 unspecified atom stereocenters. The van der Waals surface area contributed by atoms with Crippen molar-refractivity contribution in [1.82, 2.24) is 9.97 Å². The molecule has 0 aliphatic carbocycles. The van der Waals surface area contributed by atoms with Crippen LogP contribution in [0.15, 0.2) is 29.2 Å². The molecule has 2 aromatic rings. The number of nitrogens with zero attached hydrogens (tertiary/aromatic N) is 2. The number of rotatable bonds is 6. The predicted molar refractivity (Wildman–Crippen MR) is 91.0 cm³/mol. The maximum atomic E-state index is 4.67. The molecule has 3 nitrogen and oxygen atoms in total. The van der Waals surface area contributed by atoms with Crippen molar-refractivity contribution in [3.05, 3.63) is 46.9 Å². The minimum Gasteiger partial charge on any atom is -0.370 e. The number of benzene rings is 1. The highest BCUT2D eigenvalue weighted by atomic mass is 32.2. The Bertz CT molecular complexity index is 611. The molecule has 21 heavy (non-hydrogen) atoms. The van der Waals surface area contributed by atoms with Crippen LogP contribution in [0.1, 0.15) is 36.0 Å². The first-order valence-electron chi connectivity index (χ1n) is 7.37. The molecule has 1 aromatic carbocycles. The first kappa shape index (κ1) is 15.8. The summed E-state index contributed by atoms with van der Waals surface area (Å²) in [5.41, 5.74) is 3.49. The molecule has 0 atom stereocenters. The number of aromatic nitrogens is 2. The number of aryl methyl sites for hydroxylation is 2.